The molecule has 0 radical (unpaired) electrons. The molecule has 0 aliphatic heterocycles. The van der Waals surface area contributed by atoms with Gasteiger partial charge in [0.05, 0.1) is 0 Å². The molecule has 6 nitrogen and oxygen atoms in total. The van der Waals surface area contributed by atoms with Crippen LogP contribution in [0.5, 0.6) is 0 Å². The summed E-state index contributed by atoms with van der Waals surface area (Å²) in [4.78, 5) is 5.63. The van der Waals surface area contributed by atoms with E-state index in [-0.39, 0.29) is 16.8 Å². The van der Waals surface area contributed by atoms with E-state index in [9.17, 15) is 5.21 Å². The lowest BCUT2D eigenvalue weighted by Crippen LogP contribution is -2.37. The molecule has 0 bridgehead atoms. The van der Waals surface area contributed by atoms with E-state index in [1.165, 1.54) is 0 Å². The molecule has 0 unspecified atom stereocenters. The molecule has 0 saturated carbocycles. The van der Waals surface area contributed by atoms with Crippen LogP contribution in [0.2, 0.25) is 5.02 Å². The van der Waals surface area contributed by atoms with E-state index in [1.807, 2.05) is 6.92 Å². The Balaban J connectivity index is 3.22. The van der Waals surface area contributed by atoms with E-state index in [0.29, 0.717) is 17.1 Å². The molecule has 0 aliphatic carbocycles. The number of rotatable bonds is 4. The quantitative estimate of drug-likeness (QED) is 0.607. The van der Waals surface area contributed by atoms with Crippen molar-refractivity contribution in [1.29, 1.82) is 0 Å². The van der Waals surface area contributed by atoms with E-state index in [4.69, 9.17) is 17.3 Å². The molecular formula is C9H16ClN5O. The molecule has 90 valence electrons. The number of nitrogen functional groups attached to an aromatic ring is 1. The molecule has 3 N–H and O–H groups in total. The minimum atomic E-state index is -0.119. The van der Waals surface area contributed by atoms with Gasteiger partial charge in [-0.3, -0.25) is 0 Å². The van der Waals surface area contributed by atoms with Gasteiger partial charge >= 0.3 is 5.95 Å². The van der Waals surface area contributed by atoms with E-state index in [2.05, 4.69) is 10.3 Å². The third kappa shape index (κ3) is 2.38. The van der Waals surface area contributed by atoms with Crippen LogP contribution in [-0.2, 0) is 0 Å². The van der Waals surface area contributed by atoms with Crippen LogP contribution in [0.15, 0.2) is 0 Å². The van der Waals surface area contributed by atoms with Gasteiger partial charge in [-0.25, -0.2) is 4.73 Å². The number of hydrogen-bond donors (Lipinski definition) is 2. The van der Waals surface area contributed by atoms with Crippen molar-refractivity contribution < 1.29 is 4.73 Å². The Morgan fingerprint density at radius 1 is 1.56 bits per heavy atom. The van der Waals surface area contributed by atoms with Crippen LogP contribution in [0.3, 0.4) is 0 Å². The summed E-state index contributed by atoms with van der Waals surface area (Å²) in [6.07, 6.45) is 0.885. The molecule has 1 aromatic rings. The number of aromatic nitrogens is 2. The lowest BCUT2D eigenvalue weighted by atomic mass is 10.4. The van der Waals surface area contributed by atoms with Crippen molar-refractivity contribution in [2.24, 2.45) is 0 Å². The second-order valence-corrected chi connectivity index (χ2v) is 3.95. The highest BCUT2D eigenvalue weighted by Crippen LogP contribution is 2.27. The minimum Gasteiger partial charge on any atom is -0.754 e. The van der Waals surface area contributed by atoms with E-state index < -0.39 is 0 Å². The molecule has 7 heteroatoms. The van der Waals surface area contributed by atoms with Crippen LogP contribution in [0.25, 0.3) is 0 Å². The summed E-state index contributed by atoms with van der Waals surface area (Å²) < 4.78 is 0.505. The van der Waals surface area contributed by atoms with Crippen molar-refractivity contribution >= 4 is 29.2 Å². The monoisotopic (exact) mass is 245 g/mol. The maximum absolute atomic E-state index is 11.6. The lowest BCUT2D eigenvalue weighted by Gasteiger charge is -2.18. The summed E-state index contributed by atoms with van der Waals surface area (Å²) in [7, 11) is 3.57. The first kappa shape index (κ1) is 12.6. The highest BCUT2D eigenvalue weighted by atomic mass is 35.5. The van der Waals surface area contributed by atoms with Crippen LogP contribution in [0.1, 0.15) is 13.3 Å². The van der Waals surface area contributed by atoms with Crippen molar-refractivity contribution in [1.82, 2.24) is 4.98 Å². The SMILES string of the molecule is CCCNc1c(Cl)c(N(C)C)nc(N)[n+]1[O-]. The van der Waals surface area contributed by atoms with Crippen LogP contribution in [-0.4, -0.2) is 25.6 Å². The summed E-state index contributed by atoms with van der Waals surface area (Å²) in [5.41, 5.74) is 5.51. The van der Waals surface area contributed by atoms with Crippen molar-refractivity contribution in [3.05, 3.63) is 10.2 Å². The standard InChI is InChI=1S/C9H16ClN5O/c1-4-5-12-7-6(10)8(14(2)3)13-9(11)15(7)16/h12H,4-5H2,1-3H3,(H2,11,13). The molecule has 1 aromatic heterocycles. The highest BCUT2D eigenvalue weighted by Gasteiger charge is 2.19. The first-order chi connectivity index (χ1) is 7.49. The third-order valence-electron chi connectivity index (χ3n) is 2.00. The van der Waals surface area contributed by atoms with Gasteiger partial charge in [-0.05, 0) is 6.42 Å². The van der Waals surface area contributed by atoms with Gasteiger partial charge in [0, 0.05) is 20.6 Å². The Hall–Kier alpha value is -1.43. The number of nitrogens with zero attached hydrogens (tertiary/aromatic N) is 3. The maximum atomic E-state index is 11.6. The Morgan fingerprint density at radius 2 is 2.19 bits per heavy atom. The average Bonchev–Trinajstić information content (AvgIpc) is 2.23. The van der Waals surface area contributed by atoms with Gasteiger partial charge in [0.25, 0.3) is 0 Å². The lowest BCUT2D eigenvalue weighted by molar-refractivity contribution is -0.577. The number of nitrogens with two attached hydrogens (primary N) is 1. The molecule has 0 spiro atoms. The summed E-state index contributed by atoms with van der Waals surface area (Å²) in [5, 5.41) is 14.9. The van der Waals surface area contributed by atoms with E-state index in [0.717, 1.165) is 6.42 Å². The Bertz CT molecular complexity index is 383. The third-order valence-corrected chi connectivity index (χ3v) is 2.35. The van der Waals surface area contributed by atoms with Gasteiger partial charge in [-0.2, -0.15) is 0 Å². The molecule has 16 heavy (non-hydrogen) atoms. The van der Waals surface area contributed by atoms with E-state index in [1.54, 1.807) is 19.0 Å². The smallest absolute Gasteiger partial charge is 0.346 e. The predicted octanol–water partition coefficient (Wildman–Crippen LogP) is 0.839. The highest BCUT2D eigenvalue weighted by molar-refractivity contribution is 6.35. The molecule has 0 amide bonds. The number of halogens is 1. The molecular weight excluding hydrogens is 230 g/mol. The fraction of sp³-hybridized carbons (Fsp3) is 0.556. The van der Waals surface area contributed by atoms with Gasteiger partial charge in [0.15, 0.2) is 5.02 Å². The van der Waals surface area contributed by atoms with Gasteiger partial charge in [-0.1, -0.05) is 23.5 Å². The molecule has 1 heterocycles. The van der Waals surface area contributed by atoms with Gasteiger partial charge in [0.1, 0.15) is 0 Å². The summed E-state index contributed by atoms with van der Waals surface area (Å²) in [6.45, 7) is 2.64. The zero-order chi connectivity index (χ0) is 12.3. The first-order valence-electron chi connectivity index (χ1n) is 4.98. The van der Waals surface area contributed by atoms with Crippen molar-refractivity contribution in [2.45, 2.75) is 13.3 Å². The van der Waals surface area contributed by atoms with Crippen LogP contribution in [0, 0.1) is 5.21 Å². The number of nitrogens with one attached hydrogen (secondary N) is 1. The zero-order valence-corrected chi connectivity index (χ0v) is 10.4. The molecule has 1 rings (SSSR count). The maximum Gasteiger partial charge on any atom is 0.346 e. The Labute approximate surface area is 99.6 Å². The normalized spacial score (nSPS) is 10.2. The van der Waals surface area contributed by atoms with Crippen LogP contribution < -0.4 is 20.7 Å². The largest absolute Gasteiger partial charge is 0.754 e. The van der Waals surface area contributed by atoms with Crippen molar-refractivity contribution in [3.63, 3.8) is 0 Å². The molecule has 0 saturated heterocycles. The molecule has 0 atom stereocenters. The first-order valence-corrected chi connectivity index (χ1v) is 5.36. The summed E-state index contributed by atoms with van der Waals surface area (Å²) in [5.74, 6) is 0.608. The Morgan fingerprint density at radius 3 is 2.69 bits per heavy atom. The Kier molecular flexibility index (Phi) is 4.00. The van der Waals surface area contributed by atoms with Crippen molar-refractivity contribution in [3.8, 4) is 0 Å². The molecule has 0 aromatic carbocycles. The predicted molar refractivity (Wildman–Crippen MR) is 65.7 cm³/mol. The second kappa shape index (κ2) is 5.07. The zero-order valence-electron chi connectivity index (χ0n) is 9.62. The fourth-order valence-corrected chi connectivity index (χ4v) is 1.56. The van der Waals surface area contributed by atoms with Crippen LogP contribution in [0.4, 0.5) is 17.6 Å². The fourth-order valence-electron chi connectivity index (χ4n) is 1.20. The van der Waals surface area contributed by atoms with Crippen LogP contribution >= 0.6 is 11.6 Å². The number of anilines is 3. The van der Waals surface area contributed by atoms with Crippen molar-refractivity contribution in [2.75, 3.05) is 36.6 Å². The molecule has 0 fully saturated rings. The van der Waals surface area contributed by atoms with Gasteiger partial charge in [0.2, 0.25) is 11.6 Å². The minimum absolute atomic E-state index is 0.119. The molecule has 0 aliphatic rings. The van der Waals surface area contributed by atoms with E-state index >= 15 is 0 Å². The second-order valence-electron chi connectivity index (χ2n) is 3.57. The topological polar surface area (TPSA) is 81.1 Å². The summed E-state index contributed by atoms with van der Waals surface area (Å²) >= 11 is 6.07. The van der Waals surface area contributed by atoms with Gasteiger partial charge in [-0.15, -0.1) is 0 Å². The van der Waals surface area contributed by atoms with Gasteiger partial charge < -0.3 is 21.2 Å². The summed E-state index contributed by atoms with van der Waals surface area (Å²) in [6, 6.07) is 0. The number of hydrogen-bond acceptors (Lipinski definition) is 5. The average molecular weight is 246 g/mol.